The molecule has 1 aliphatic rings. The van der Waals surface area contributed by atoms with E-state index in [1.54, 1.807) is 25.2 Å². The molecule has 0 spiro atoms. The Morgan fingerprint density at radius 3 is 2.93 bits per heavy atom. The number of likely N-dealkylation sites (N-methyl/N-ethyl adjacent to an activating group) is 1. The summed E-state index contributed by atoms with van der Waals surface area (Å²) >= 11 is 0. The fraction of sp³-hybridized carbons (Fsp3) is 0.455. The molecule has 1 aromatic carbocycles. The van der Waals surface area contributed by atoms with Crippen LogP contribution in [0.2, 0.25) is 0 Å². The van der Waals surface area contributed by atoms with E-state index in [0.29, 0.717) is 12.1 Å². The molecule has 0 bridgehead atoms. The molecule has 1 atom stereocenters. The summed E-state index contributed by atoms with van der Waals surface area (Å²) in [6.07, 6.45) is -0.272. The van der Waals surface area contributed by atoms with Gasteiger partial charge >= 0.3 is 0 Å². The van der Waals surface area contributed by atoms with Crippen molar-refractivity contribution in [2.45, 2.75) is 12.0 Å². The van der Waals surface area contributed by atoms with Crippen molar-refractivity contribution in [2.24, 2.45) is 0 Å². The average Bonchev–Trinajstić information content (AvgIpc) is 2.23. The molecular formula is C11H13F2NO. The molecule has 1 heterocycles. The van der Waals surface area contributed by atoms with Crippen molar-refractivity contribution in [3.63, 3.8) is 0 Å². The largest absolute Gasteiger partial charge is 0.366 e. The van der Waals surface area contributed by atoms with Crippen molar-refractivity contribution in [1.82, 2.24) is 5.32 Å². The number of hydrogen-bond acceptors (Lipinski definition) is 2. The van der Waals surface area contributed by atoms with Gasteiger partial charge in [0.25, 0.3) is 5.92 Å². The molecule has 0 amide bonds. The molecule has 0 unspecified atom stereocenters. The summed E-state index contributed by atoms with van der Waals surface area (Å²) in [6, 6.07) is 6.56. The number of fused-ring (bicyclic) bond motifs is 1. The molecular weight excluding hydrogens is 200 g/mol. The predicted molar refractivity (Wildman–Crippen MR) is 53.0 cm³/mol. The topological polar surface area (TPSA) is 21.3 Å². The van der Waals surface area contributed by atoms with Gasteiger partial charge in [-0.25, -0.2) is 0 Å². The van der Waals surface area contributed by atoms with Crippen LogP contribution >= 0.6 is 0 Å². The van der Waals surface area contributed by atoms with Crippen LogP contribution in [0.4, 0.5) is 8.78 Å². The van der Waals surface area contributed by atoms with Gasteiger partial charge in [-0.05, 0) is 12.6 Å². The third kappa shape index (κ3) is 1.87. The molecule has 0 aromatic heterocycles. The van der Waals surface area contributed by atoms with E-state index in [-0.39, 0.29) is 11.7 Å². The first-order valence-corrected chi connectivity index (χ1v) is 4.88. The van der Waals surface area contributed by atoms with E-state index < -0.39 is 12.5 Å². The summed E-state index contributed by atoms with van der Waals surface area (Å²) in [4.78, 5) is 0. The van der Waals surface area contributed by atoms with Crippen molar-refractivity contribution >= 4 is 0 Å². The second-order valence-corrected chi connectivity index (χ2v) is 3.65. The molecule has 2 rings (SSSR count). The van der Waals surface area contributed by atoms with Crippen molar-refractivity contribution in [2.75, 3.05) is 20.2 Å². The first-order valence-electron chi connectivity index (χ1n) is 4.88. The summed E-state index contributed by atoms with van der Waals surface area (Å²) in [5, 5.41) is 2.94. The summed E-state index contributed by atoms with van der Waals surface area (Å²) in [5.74, 6) is -2.86. The maximum atomic E-state index is 13.5. The second-order valence-electron chi connectivity index (χ2n) is 3.65. The fourth-order valence-electron chi connectivity index (χ4n) is 1.84. The van der Waals surface area contributed by atoms with E-state index in [2.05, 4.69) is 5.32 Å². The van der Waals surface area contributed by atoms with E-state index in [1.165, 1.54) is 6.07 Å². The summed E-state index contributed by atoms with van der Waals surface area (Å²) in [5.41, 5.74) is 0.680. The monoisotopic (exact) mass is 213 g/mol. The van der Waals surface area contributed by atoms with E-state index in [1.807, 2.05) is 0 Å². The molecule has 0 saturated carbocycles. The van der Waals surface area contributed by atoms with E-state index in [4.69, 9.17) is 4.74 Å². The number of alkyl halides is 2. The van der Waals surface area contributed by atoms with Crippen LogP contribution in [0.1, 0.15) is 17.2 Å². The van der Waals surface area contributed by atoms with Crippen molar-refractivity contribution < 1.29 is 13.5 Å². The van der Waals surface area contributed by atoms with Crippen LogP contribution in [-0.2, 0) is 10.7 Å². The minimum Gasteiger partial charge on any atom is -0.366 e. The second kappa shape index (κ2) is 3.87. The normalized spacial score (nSPS) is 23.5. The van der Waals surface area contributed by atoms with Crippen LogP contribution in [0.5, 0.6) is 0 Å². The number of rotatable bonds is 2. The molecule has 0 saturated heterocycles. The highest BCUT2D eigenvalue weighted by molar-refractivity contribution is 5.34. The Bertz CT molecular complexity index is 354. The Morgan fingerprint density at radius 1 is 1.47 bits per heavy atom. The summed E-state index contributed by atoms with van der Waals surface area (Å²) in [6.45, 7) is 0.0173. The molecule has 15 heavy (non-hydrogen) atoms. The van der Waals surface area contributed by atoms with Crippen molar-refractivity contribution in [1.29, 1.82) is 0 Å². The zero-order valence-corrected chi connectivity index (χ0v) is 8.47. The van der Waals surface area contributed by atoms with Gasteiger partial charge in [0.2, 0.25) is 0 Å². The van der Waals surface area contributed by atoms with Crippen molar-refractivity contribution in [3.05, 3.63) is 35.4 Å². The lowest BCUT2D eigenvalue weighted by Gasteiger charge is -2.31. The van der Waals surface area contributed by atoms with Gasteiger partial charge in [-0.15, -0.1) is 0 Å². The van der Waals surface area contributed by atoms with Gasteiger partial charge in [0.1, 0.15) is 6.61 Å². The first-order chi connectivity index (χ1) is 7.15. The molecule has 0 aliphatic carbocycles. The Balaban J connectivity index is 2.39. The zero-order chi connectivity index (χ0) is 10.9. The van der Waals surface area contributed by atoms with Crippen LogP contribution in [0.3, 0.4) is 0 Å². The highest BCUT2D eigenvalue weighted by Crippen LogP contribution is 2.39. The maximum absolute atomic E-state index is 13.5. The number of hydrogen-bond donors (Lipinski definition) is 1. The van der Waals surface area contributed by atoms with E-state index in [0.717, 1.165) is 0 Å². The van der Waals surface area contributed by atoms with Gasteiger partial charge in [0, 0.05) is 12.1 Å². The smallest absolute Gasteiger partial charge is 0.296 e. The molecule has 4 heteroatoms. The van der Waals surface area contributed by atoms with Gasteiger partial charge in [-0.2, -0.15) is 8.78 Å². The molecule has 1 aliphatic heterocycles. The van der Waals surface area contributed by atoms with Crippen LogP contribution in [0, 0.1) is 0 Å². The van der Waals surface area contributed by atoms with Gasteiger partial charge in [0.15, 0.2) is 0 Å². The fourth-order valence-corrected chi connectivity index (χ4v) is 1.84. The van der Waals surface area contributed by atoms with Crippen LogP contribution < -0.4 is 5.32 Å². The Kier molecular flexibility index (Phi) is 2.71. The molecule has 82 valence electrons. The molecule has 0 radical (unpaired) electrons. The summed E-state index contributed by atoms with van der Waals surface area (Å²) in [7, 11) is 1.78. The predicted octanol–water partition coefficient (Wildman–Crippen LogP) is 2.07. The van der Waals surface area contributed by atoms with E-state index >= 15 is 0 Å². The number of halogens is 2. The third-order valence-corrected chi connectivity index (χ3v) is 2.56. The highest BCUT2D eigenvalue weighted by Gasteiger charge is 2.40. The average molecular weight is 213 g/mol. The van der Waals surface area contributed by atoms with Crippen LogP contribution in [0.15, 0.2) is 24.3 Å². The SMILES string of the molecule is CNC[C@@H]1OCC(F)(F)c2ccccc21. The van der Waals surface area contributed by atoms with Gasteiger partial charge in [-0.3, -0.25) is 0 Å². The first kappa shape index (κ1) is 10.5. The molecule has 2 nitrogen and oxygen atoms in total. The van der Waals surface area contributed by atoms with Crippen LogP contribution in [-0.4, -0.2) is 20.2 Å². The Labute approximate surface area is 87.2 Å². The Hall–Kier alpha value is -1.00. The zero-order valence-electron chi connectivity index (χ0n) is 8.47. The van der Waals surface area contributed by atoms with Gasteiger partial charge in [0.05, 0.1) is 6.10 Å². The summed E-state index contributed by atoms with van der Waals surface area (Å²) < 4.78 is 32.1. The van der Waals surface area contributed by atoms with Gasteiger partial charge in [-0.1, -0.05) is 24.3 Å². The van der Waals surface area contributed by atoms with E-state index in [9.17, 15) is 8.78 Å². The number of ether oxygens (including phenoxy) is 1. The lowest BCUT2D eigenvalue weighted by atomic mass is 9.95. The third-order valence-electron chi connectivity index (χ3n) is 2.56. The minimum atomic E-state index is -2.86. The molecule has 0 fully saturated rings. The van der Waals surface area contributed by atoms with Crippen molar-refractivity contribution in [3.8, 4) is 0 Å². The number of benzene rings is 1. The lowest BCUT2D eigenvalue weighted by Crippen LogP contribution is -2.33. The van der Waals surface area contributed by atoms with Crippen LogP contribution in [0.25, 0.3) is 0 Å². The quantitative estimate of drug-likeness (QED) is 0.812. The Morgan fingerprint density at radius 2 is 2.20 bits per heavy atom. The molecule has 1 aromatic rings. The standard InChI is InChI=1S/C11H13F2NO/c1-14-6-10-8-4-2-3-5-9(8)11(12,13)7-15-10/h2-5,10,14H,6-7H2,1H3/t10-/m0/s1. The van der Waals surface area contributed by atoms with Gasteiger partial charge < -0.3 is 10.1 Å². The highest BCUT2D eigenvalue weighted by atomic mass is 19.3. The lowest BCUT2D eigenvalue weighted by molar-refractivity contribution is -0.123. The minimum absolute atomic E-state index is 0.0940. The maximum Gasteiger partial charge on any atom is 0.296 e. The number of nitrogens with one attached hydrogen (secondary N) is 1. The molecule has 1 N–H and O–H groups in total.